The van der Waals surface area contributed by atoms with Crippen molar-refractivity contribution in [1.82, 2.24) is 20.0 Å². The molecule has 3 aromatic rings. The molecule has 0 radical (unpaired) electrons. The smallest absolute Gasteiger partial charge is 0.314 e. The Kier molecular flexibility index (Phi) is 7.29. The van der Waals surface area contributed by atoms with Gasteiger partial charge >= 0.3 is 6.43 Å². The second-order valence-electron chi connectivity index (χ2n) is 7.73. The number of aromatic nitrogens is 2. The Hall–Kier alpha value is -3.33. The van der Waals surface area contributed by atoms with Crippen LogP contribution in [0.4, 0.5) is 13.2 Å². The Labute approximate surface area is 190 Å². The zero-order valence-electron chi connectivity index (χ0n) is 18.1. The zero-order valence-corrected chi connectivity index (χ0v) is 18.1. The first-order valence-corrected chi connectivity index (χ1v) is 10.7. The summed E-state index contributed by atoms with van der Waals surface area (Å²) < 4.78 is 50.8. The average molecular weight is 458 g/mol. The molecule has 1 fully saturated rings. The lowest BCUT2D eigenvalue weighted by atomic mass is 10.1. The summed E-state index contributed by atoms with van der Waals surface area (Å²) in [6, 6.07) is 14.5. The fourth-order valence-electron chi connectivity index (χ4n) is 3.68. The molecule has 1 saturated heterocycles. The van der Waals surface area contributed by atoms with Gasteiger partial charge in [-0.05, 0) is 24.1 Å². The summed E-state index contributed by atoms with van der Waals surface area (Å²) in [5.74, 6) is -0.599. The van der Waals surface area contributed by atoms with Crippen molar-refractivity contribution in [1.29, 1.82) is 0 Å². The number of nitrogens with zero attached hydrogens (tertiary/aromatic N) is 4. The van der Waals surface area contributed by atoms with Gasteiger partial charge in [0.25, 0.3) is 5.89 Å². The molecule has 0 amide bonds. The minimum atomic E-state index is -2.88. The third-order valence-electron chi connectivity index (χ3n) is 5.54. The maximum absolute atomic E-state index is 15.0. The van der Waals surface area contributed by atoms with E-state index in [1.54, 1.807) is 12.1 Å². The van der Waals surface area contributed by atoms with Crippen LogP contribution in [0, 0.1) is 5.82 Å². The highest BCUT2D eigenvalue weighted by Crippen LogP contribution is 2.26. The Bertz CT molecular complexity index is 1070. The van der Waals surface area contributed by atoms with Gasteiger partial charge in [0.1, 0.15) is 5.82 Å². The van der Waals surface area contributed by atoms with Crippen molar-refractivity contribution in [3.63, 3.8) is 0 Å². The van der Waals surface area contributed by atoms with Crippen molar-refractivity contribution in [3.05, 3.63) is 83.8 Å². The van der Waals surface area contributed by atoms with Gasteiger partial charge in [0.05, 0.1) is 19.0 Å². The summed E-state index contributed by atoms with van der Waals surface area (Å²) in [7, 11) is 0. The lowest BCUT2D eigenvalue weighted by molar-refractivity contribution is 0.0370. The molecule has 9 heteroatoms. The molecule has 6 nitrogen and oxygen atoms in total. The summed E-state index contributed by atoms with van der Waals surface area (Å²) in [5.41, 5.74) is 1.88. The van der Waals surface area contributed by atoms with E-state index in [4.69, 9.17) is 9.15 Å². The predicted octanol–water partition coefficient (Wildman–Crippen LogP) is 4.66. The second-order valence-corrected chi connectivity index (χ2v) is 7.73. The molecular weight excluding hydrogens is 433 g/mol. The first-order chi connectivity index (χ1) is 16.0. The van der Waals surface area contributed by atoms with E-state index < -0.39 is 18.1 Å². The number of morpholine rings is 1. The van der Waals surface area contributed by atoms with Crippen molar-refractivity contribution in [3.8, 4) is 11.5 Å². The summed E-state index contributed by atoms with van der Waals surface area (Å²) in [5, 5.41) is 6.88. The van der Waals surface area contributed by atoms with Crippen LogP contribution in [0.3, 0.4) is 0 Å². The standard InChI is InChI=1S/C24H25F3N4O2/c1-17(30-11-13-32-14-12-30)31(10-9-18-5-3-2-4-6-18)16-20-8-7-19(15-21(20)25)23-28-29-24(33-23)22(26)27/h2-8,15,22H,1,9-14,16H2. The molecule has 0 atom stereocenters. The van der Waals surface area contributed by atoms with Gasteiger partial charge in [0.15, 0.2) is 0 Å². The third kappa shape index (κ3) is 5.73. The lowest BCUT2D eigenvalue weighted by Gasteiger charge is -2.37. The van der Waals surface area contributed by atoms with E-state index in [1.807, 2.05) is 18.2 Å². The van der Waals surface area contributed by atoms with Crippen LogP contribution in [-0.2, 0) is 17.7 Å². The monoisotopic (exact) mass is 458 g/mol. The van der Waals surface area contributed by atoms with Crippen molar-refractivity contribution in [2.24, 2.45) is 0 Å². The van der Waals surface area contributed by atoms with Gasteiger partial charge in [-0.3, -0.25) is 0 Å². The van der Waals surface area contributed by atoms with Crippen LogP contribution in [0.15, 0.2) is 65.3 Å². The Morgan fingerprint density at radius 1 is 1.09 bits per heavy atom. The lowest BCUT2D eigenvalue weighted by Crippen LogP contribution is -2.42. The molecule has 0 aliphatic carbocycles. The molecular formula is C24H25F3N4O2. The van der Waals surface area contributed by atoms with Crippen molar-refractivity contribution < 1.29 is 22.3 Å². The first kappa shape index (κ1) is 22.8. The molecule has 174 valence electrons. The molecule has 4 rings (SSSR count). The number of hydrogen-bond donors (Lipinski definition) is 0. The van der Waals surface area contributed by atoms with Gasteiger partial charge in [-0.25, -0.2) is 4.39 Å². The van der Waals surface area contributed by atoms with E-state index in [9.17, 15) is 8.78 Å². The molecule has 0 bridgehead atoms. The van der Waals surface area contributed by atoms with Crippen molar-refractivity contribution in [2.75, 3.05) is 32.8 Å². The Balaban J connectivity index is 1.51. The highest BCUT2D eigenvalue weighted by molar-refractivity contribution is 5.53. The molecule has 2 heterocycles. The SMILES string of the molecule is C=C(N1CCOCC1)N(CCc1ccccc1)Cc1ccc(-c2nnc(C(F)F)o2)cc1F. The van der Waals surface area contributed by atoms with E-state index in [2.05, 4.69) is 38.7 Å². The number of rotatable bonds is 9. The van der Waals surface area contributed by atoms with Crippen LogP contribution in [0.2, 0.25) is 0 Å². The molecule has 1 aromatic heterocycles. The van der Waals surface area contributed by atoms with Crippen LogP contribution in [0.25, 0.3) is 11.5 Å². The zero-order chi connectivity index (χ0) is 23.2. The average Bonchev–Trinajstić information content (AvgIpc) is 3.34. The molecule has 0 N–H and O–H groups in total. The minimum absolute atomic E-state index is 0.144. The molecule has 1 aliphatic heterocycles. The van der Waals surface area contributed by atoms with Gasteiger partial charge in [-0.2, -0.15) is 8.78 Å². The maximum atomic E-state index is 15.0. The molecule has 0 unspecified atom stereocenters. The Morgan fingerprint density at radius 2 is 1.85 bits per heavy atom. The van der Waals surface area contributed by atoms with Gasteiger partial charge in [0, 0.05) is 37.3 Å². The number of halogens is 3. The number of benzene rings is 2. The van der Waals surface area contributed by atoms with Gasteiger partial charge in [-0.15, -0.1) is 10.2 Å². The number of hydrogen-bond acceptors (Lipinski definition) is 6. The third-order valence-corrected chi connectivity index (χ3v) is 5.54. The molecule has 0 saturated carbocycles. The fraction of sp³-hybridized carbons (Fsp3) is 0.333. The van der Waals surface area contributed by atoms with Crippen LogP contribution in [0.1, 0.15) is 23.4 Å². The topological polar surface area (TPSA) is 54.6 Å². The van der Waals surface area contributed by atoms with E-state index in [0.29, 0.717) is 31.9 Å². The van der Waals surface area contributed by atoms with E-state index in [0.717, 1.165) is 25.3 Å². The molecule has 0 spiro atoms. The van der Waals surface area contributed by atoms with E-state index in [-0.39, 0.29) is 11.5 Å². The molecule has 33 heavy (non-hydrogen) atoms. The van der Waals surface area contributed by atoms with E-state index in [1.165, 1.54) is 11.6 Å². The second kappa shape index (κ2) is 10.5. The fourth-order valence-corrected chi connectivity index (χ4v) is 3.68. The van der Waals surface area contributed by atoms with Gasteiger partial charge in [-0.1, -0.05) is 43.0 Å². The molecule has 1 aliphatic rings. The molecule has 2 aromatic carbocycles. The largest absolute Gasteiger partial charge is 0.415 e. The van der Waals surface area contributed by atoms with Gasteiger partial charge in [0.2, 0.25) is 5.89 Å². The summed E-state index contributed by atoms with van der Waals surface area (Å²) in [6.45, 7) is 7.94. The minimum Gasteiger partial charge on any atom is -0.415 e. The summed E-state index contributed by atoms with van der Waals surface area (Å²) in [4.78, 5) is 4.20. The maximum Gasteiger partial charge on any atom is 0.314 e. The number of alkyl halides is 2. The van der Waals surface area contributed by atoms with Crippen LogP contribution in [-0.4, -0.2) is 52.8 Å². The Morgan fingerprint density at radius 3 is 2.52 bits per heavy atom. The van der Waals surface area contributed by atoms with E-state index >= 15 is 4.39 Å². The van der Waals surface area contributed by atoms with Crippen LogP contribution < -0.4 is 0 Å². The highest BCUT2D eigenvalue weighted by Gasteiger charge is 2.21. The van der Waals surface area contributed by atoms with Gasteiger partial charge < -0.3 is 19.0 Å². The van der Waals surface area contributed by atoms with Crippen molar-refractivity contribution >= 4 is 0 Å². The van der Waals surface area contributed by atoms with Crippen LogP contribution >= 0.6 is 0 Å². The van der Waals surface area contributed by atoms with Crippen LogP contribution in [0.5, 0.6) is 0 Å². The normalized spacial score (nSPS) is 14.0. The number of ether oxygens (including phenoxy) is 1. The predicted molar refractivity (Wildman–Crippen MR) is 117 cm³/mol. The highest BCUT2D eigenvalue weighted by atomic mass is 19.3. The summed E-state index contributed by atoms with van der Waals surface area (Å²) in [6.07, 6.45) is -2.10. The van der Waals surface area contributed by atoms with Crippen molar-refractivity contribution in [2.45, 2.75) is 19.4 Å². The quantitative estimate of drug-likeness (QED) is 0.465. The summed E-state index contributed by atoms with van der Waals surface area (Å²) >= 11 is 0. The first-order valence-electron chi connectivity index (χ1n) is 10.7.